The van der Waals surface area contributed by atoms with E-state index < -0.39 is 6.03 Å². The highest BCUT2D eigenvalue weighted by molar-refractivity contribution is 5.99. The Balaban J connectivity index is 1.40. The summed E-state index contributed by atoms with van der Waals surface area (Å²) in [7, 11) is 0. The highest BCUT2D eigenvalue weighted by atomic mass is 19.1. The third kappa shape index (κ3) is 4.01. The van der Waals surface area contributed by atoms with Gasteiger partial charge in [0.25, 0.3) is 0 Å². The molecule has 0 fully saturated rings. The summed E-state index contributed by atoms with van der Waals surface area (Å²) in [5, 5.41) is 12.5. The predicted molar refractivity (Wildman–Crippen MR) is 111 cm³/mol. The van der Waals surface area contributed by atoms with Crippen molar-refractivity contribution < 1.29 is 13.7 Å². The van der Waals surface area contributed by atoms with Gasteiger partial charge in [0.1, 0.15) is 11.6 Å². The van der Waals surface area contributed by atoms with Crippen LogP contribution >= 0.6 is 0 Å². The topological polar surface area (TPSA) is 82.4 Å². The number of aromatic nitrogens is 1. The first-order chi connectivity index (χ1) is 13.8. The number of hydrogen-bond donors (Lipinski definition) is 3. The van der Waals surface area contributed by atoms with E-state index in [9.17, 15) is 9.18 Å². The van der Waals surface area contributed by atoms with Crippen LogP contribution in [-0.4, -0.2) is 17.9 Å². The van der Waals surface area contributed by atoms with Crippen LogP contribution in [0.3, 0.4) is 0 Å². The number of halogens is 1. The molecule has 0 aliphatic carbocycles. The molecule has 0 atom stereocenters. The van der Waals surface area contributed by atoms with Crippen molar-refractivity contribution in [3.8, 4) is 0 Å². The second-order valence-electron chi connectivity index (χ2n) is 7.88. The number of nitrogens with one attached hydrogen (secondary N) is 3. The fourth-order valence-electron chi connectivity index (χ4n) is 3.06. The summed E-state index contributed by atoms with van der Waals surface area (Å²) in [6.07, 6.45) is 0. The molecule has 3 N–H and O–H groups in total. The van der Waals surface area contributed by atoms with Crippen LogP contribution in [0.4, 0.5) is 37.8 Å². The van der Waals surface area contributed by atoms with Crippen molar-refractivity contribution in [1.82, 2.24) is 5.16 Å². The quantitative estimate of drug-likeness (QED) is 0.562. The Morgan fingerprint density at radius 3 is 2.59 bits per heavy atom. The van der Waals surface area contributed by atoms with Gasteiger partial charge in [-0.25, -0.2) is 9.18 Å². The highest BCUT2D eigenvalue weighted by Gasteiger charge is 2.21. The molecule has 150 valence electrons. The van der Waals surface area contributed by atoms with Gasteiger partial charge in [0.05, 0.1) is 18.0 Å². The van der Waals surface area contributed by atoms with Crippen molar-refractivity contribution in [2.24, 2.45) is 0 Å². The molecule has 29 heavy (non-hydrogen) atoms. The van der Waals surface area contributed by atoms with Crippen LogP contribution in [0.15, 0.2) is 53.1 Å². The van der Waals surface area contributed by atoms with Gasteiger partial charge in [0, 0.05) is 22.9 Å². The molecule has 8 heteroatoms. The molecule has 2 aromatic carbocycles. The summed E-state index contributed by atoms with van der Waals surface area (Å²) >= 11 is 0. The van der Waals surface area contributed by atoms with Gasteiger partial charge >= 0.3 is 6.03 Å². The van der Waals surface area contributed by atoms with E-state index >= 15 is 0 Å². The molecular weight excluding hydrogens is 373 g/mol. The maximum absolute atomic E-state index is 13.4. The maximum Gasteiger partial charge on any atom is 0.324 e. The number of rotatable bonds is 3. The van der Waals surface area contributed by atoms with Crippen LogP contribution in [-0.2, 0) is 5.41 Å². The molecule has 2 amide bonds. The molecule has 7 nitrogen and oxygen atoms in total. The van der Waals surface area contributed by atoms with Gasteiger partial charge in [-0.15, -0.1) is 0 Å². The van der Waals surface area contributed by atoms with E-state index in [1.807, 2.05) is 37.8 Å². The third-order valence-electron chi connectivity index (χ3n) is 4.60. The first-order valence-electron chi connectivity index (χ1n) is 9.26. The Hall–Kier alpha value is -3.55. The number of fused-ring (bicyclic) bond motifs is 1. The summed E-state index contributed by atoms with van der Waals surface area (Å²) in [6.45, 7) is 6.56. The smallest absolute Gasteiger partial charge is 0.324 e. The van der Waals surface area contributed by atoms with E-state index in [4.69, 9.17) is 4.52 Å². The molecule has 0 unspecified atom stereocenters. The fraction of sp³-hybridized carbons (Fsp3) is 0.238. The first-order valence-corrected chi connectivity index (χ1v) is 9.26. The standard InChI is InChI=1S/C21H22FN5O2/c1-21(2,3)18-11-19(26-29-18)25-20(28)24-14-5-7-15(8-6-14)27-12-23-16-10-13(22)4-9-17(16)27/h4-11,23H,12H2,1-3H3,(H2,24,25,26,28). The van der Waals surface area contributed by atoms with Crippen molar-refractivity contribution in [3.05, 3.63) is 60.1 Å². The average molecular weight is 395 g/mol. The van der Waals surface area contributed by atoms with Gasteiger partial charge in [0.15, 0.2) is 5.82 Å². The van der Waals surface area contributed by atoms with E-state index in [-0.39, 0.29) is 11.2 Å². The van der Waals surface area contributed by atoms with Gasteiger partial charge in [-0.1, -0.05) is 25.9 Å². The van der Waals surface area contributed by atoms with Gasteiger partial charge in [-0.2, -0.15) is 0 Å². The Kier molecular flexibility index (Phi) is 4.62. The second kappa shape index (κ2) is 7.12. The van der Waals surface area contributed by atoms with Crippen LogP contribution in [0.2, 0.25) is 0 Å². The third-order valence-corrected chi connectivity index (χ3v) is 4.60. The summed E-state index contributed by atoms with van der Waals surface area (Å²) in [4.78, 5) is 14.2. The minimum atomic E-state index is -0.407. The fourth-order valence-corrected chi connectivity index (χ4v) is 3.06. The molecule has 0 radical (unpaired) electrons. The lowest BCUT2D eigenvalue weighted by Crippen LogP contribution is -2.20. The molecule has 0 saturated heterocycles. The molecule has 0 spiro atoms. The van der Waals surface area contributed by atoms with Crippen LogP contribution in [0, 0.1) is 5.82 Å². The van der Waals surface area contributed by atoms with E-state index in [0.29, 0.717) is 23.9 Å². The molecular formula is C21H22FN5O2. The van der Waals surface area contributed by atoms with Gasteiger partial charge < -0.3 is 20.1 Å². The van der Waals surface area contributed by atoms with Crippen molar-refractivity contribution >= 4 is 34.6 Å². The molecule has 1 aromatic heterocycles. The maximum atomic E-state index is 13.4. The van der Waals surface area contributed by atoms with Crippen LogP contribution in [0.1, 0.15) is 26.5 Å². The lowest BCUT2D eigenvalue weighted by molar-refractivity contribution is 0.262. The summed E-state index contributed by atoms with van der Waals surface area (Å²) in [5.74, 6) is 0.776. The van der Waals surface area contributed by atoms with Crippen LogP contribution in [0.25, 0.3) is 0 Å². The normalized spacial score (nSPS) is 13.0. The zero-order valence-corrected chi connectivity index (χ0v) is 16.4. The Bertz CT molecular complexity index is 1040. The Labute approximate surface area is 167 Å². The monoisotopic (exact) mass is 395 g/mol. The van der Waals surface area contributed by atoms with Crippen molar-refractivity contribution in [1.29, 1.82) is 0 Å². The minimum absolute atomic E-state index is 0.186. The number of carbonyl (C=O) groups excluding carboxylic acids is 1. The molecule has 4 rings (SSSR count). The molecule has 1 aliphatic heterocycles. The summed E-state index contributed by atoms with van der Waals surface area (Å²) in [6, 6.07) is 13.4. The summed E-state index contributed by atoms with van der Waals surface area (Å²) in [5.41, 5.74) is 3.05. The number of urea groups is 1. The van der Waals surface area contributed by atoms with Crippen LogP contribution in [0.5, 0.6) is 0 Å². The van der Waals surface area contributed by atoms with E-state index in [0.717, 1.165) is 17.1 Å². The van der Waals surface area contributed by atoms with Gasteiger partial charge in [-0.3, -0.25) is 5.32 Å². The van der Waals surface area contributed by atoms with E-state index in [1.54, 1.807) is 24.3 Å². The number of carbonyl (C=O) groups is 1. The number of nitrogens with zero attached hydrogens (tertiary/aromatic N) is 2. The molecule has 2 heterocycles. The second-order valence-corrected chi connectivity index (χ2v) is 7.88. The van der Waals surface area contributed by atoms with Gasteiger partial charge in [0.2, 0.25) is 0 Å². The van der Waals surface area contributed by atoms with Crippen molar-refractivity contribution in [2.75, 3.05) is 27.5 Å². The zero-order valence-electron chi connectivity index (χ0n) is 16.4. The highest BCUT2D eigenvalue weighted by Crippen LogP contribution is 2.37. The molecule has 0 saturated carbocycles. The van der Waals surface area contributed by atoms with Crippen LogP contribution < -0.4 is 20.9 Å². The first kappa shape index (κ1) is 18.8. The zero-order chi connectivity index (χ0) is 20.6. The molecule has 1 aliphatic rings. The Morgan fingerprint density at radius 2 is 1.90 bits per heavy atom. The number of anilines is 5. The van der Waals surface area contributed by atoms with Gasteiger partial charge in [-0.05, 0) is 42.5 Å². The summed E-state index contributed by atoms with van der Waals surface area (Å²) < 4.78 is 18.6. The Morgan fingerprint density at radius 1 is 1.14 bits per heavy atom. The largest absolute Gasteiger partial charge is 0.366 e. The predicted octanol–water partition coefficient (Wildman–Crippen LogP) is 5.28. The number of amides is 2. The minimum Gasteiger partial charge on any atom is -0.366 e. The molecule has 0 bridgehead atoms. The lowest BCUT2D eigenvalue weighted by atomic mass is 9.93. The average Bonchev–Trinajstić information content (AvgIpc) is 3.29. The SMILES string of the molecule is CC(C)(C)c1cc(NC(=O)Nc2ccc(N3CNc4cc(F)ccc43)cc2)no1. The van der Waals surface area contributed by atoms with Crippen molar-refractivity contribution in [2.45, 2.75) is 26.2 Å². The molecule has 3 aromatic rings. The number of hydrogen-bond acceptors (Lipinski definition) is 5. The van der Waals surface area contributed by atoms with E-state index in [1.165, 1.54) is 12.1 Å². The number of benzene rings is 2. The van der Waals surface area contributed by atoms with Crippen molar-refractivity contribution in [3.63, 3.8) is 0 Å². The van der Waals surface area contributed by atoms with E-state index in [2.05, 4.69) is 21.1 Å². The lowest BCUT2D eigenvalue weighted by Gasteiger charge is -2.18.